The standard InChI is InChI=1S/C32H32N4O2/c1-35-18-20-36(21-19-35)28-16-14-24(15-17-28)23-33-31(37)26-10-7-11-27(22-26)34-32(38)30-13-6-5-12-29(30)25-8-3-2-4-9-25/h2-17,22H,18-21,23H2,1H3,(H,33,37)(H,34,38). The first-order valence-corrected chi connectivity index (χ1v) is 12.9. The van der Waals surface area contributed by atoms with Crippen LogP contribution in [0, 0.1) is 0 Å². The van der Waals surface area contributed by atoms with Crippen LogP contribution in [0.4, 0.5) is 11.4 Å². The van der Waals surface area contributed by atoms with Crippen molar-refractivity contribution in [2.24, 2.45) is 0 Å². The fourth-order valence-corrected chi connectivity index (χ4v) is 4.66. The van der Waals surface area contributed by atoms with Gasteiger partial charge in [-0.25, -0.2) is 0 Å². The van der Waals surface area contributed by atoms with Gasteiger partial charge in [0, 0.05) is 55.2 Å². The van der Waals surface area contributed by atoms with E-state index < -0.39 is 0 Å². The molecular weight excluding hydrogens is 472 g/mol. The highest BCUT2D eigenvalue weighted by atomic mass is 16.2. The van der Waals surface area contributed by atoms with E-state index in [1.54, 1.807) is 24.3 Å². The van der Waals surface area contributed by atoms with Gasteiger partial charge in [-0.05, 0) is 60.1 Å². The topological polar surface area (TPSA) is 64.7 Å². The summed E-state index contributed by atoms with van der Waals surface area (Å²) in [5.74, 6) is -0.406. The van der Waals surface area contributed by atoms with E-state index in [0.29, 0.717) is 23.4 Å². The maximum Gasteiger partial charge on any atom is 0.256 e. The summed E-state index contributed by atoms with van der Waals surface area (Å²) in [6.07, 6.45) is 0. The molecule has 6 nitrogen and oxygen atoms in total. The van der Waals surface area contributed by atoms with E-state index in [1.165, 1.54) is 5.69 Å². The maximum atomic E-state index is 13.1. The molecule has 4 aromatic carbocycles. The van der Waals surface area contributed by atoms with Crippen molar-refractivity contribution in [1.29, 1.82) is 0 Å². The molecule has 0 unspecified atom stereocenters. The van der Waals surface area contributed by atoms with Crippen molar-refractivity contribution in [3.63, 3.8) is 0 Å². The highest BCUT2D eigenvalue weighted by Gasteiger charge is 2.15. The molecule has 4 aromatic rings. The Balaban J connectivity index is 1.20. The van der Waals surface area contributed by atoms with E-state index in [0.717, 1.165) is 42.9 Å². The van der Waals surface area contributed by atoms with Crippen LogP contribution in [0.1, 0.15) is 26.3 Å². The largest absolute Gasteiger partial charge is 0.369 e. The molecule has 0 aromatic heterocycles. The predicted octanol–water partition coefficient (Wildman–Crippen LogP) is 5.29. The Kier molecular flexibility index (Phi) is 7.81. The number of nitrogens with one attached hydrogen (secondary N) is 2. The molecule has 1 heterocycles. The number of carbonyl (C=O) groups excluding carboxylic acids is 2. The van der Waals surface area contributed by atoms with Crippen LogP contribution < -0.4 is 15.5 Å². The molecule has 0 aliphatic carbocycles. The second-order valence-electron chi connectivity index (χ2n) is 9.59. The maximum absolute atomic E-state index is 13.1. The summed E-state index contributed by atoms with van der Waals surface area (Å²) in [7, 11) is 2.15. The summed E-state index contributed by atoms with van der Waals surface area (Å²) in [5, 5.41) is 5.94. The van der Waals surface area contributed by atoms with E-state index in [-0.39, 0.29) is 11.8 Å². The van der Waals surface area contributed by atoms with E-state index in [2.05, 4.69) is 51.7 Å². The van der Waals surface area contributed by atoms with Gasteiger partial charge in [-0.2, -0.15) is 0 Å². The molecule has 1 saturated heterocycles. The average molecular weight is 505 g/mol. The summed E-state index contributed by atoms with van der Waals surface area (Å²) in [6, 6.07) is 32.7. The van der Waals surface area contributed by atoms with Crippen molar-refractivity contribution in [3.8, 4) is 11.1 Å². The molecule has 0 radical (unpaired) electrons. The number of benzene rings is 4. The van der Waals surface area contributed by atoms with Crippen LogP contribution in [0.3, 0.4) is 0 Å². The summed E-state index contributed by atoms with van der Waals surface area (Å²) in [5.41, 5.74) is 5.73. The zero-order valence-electron chi connectivity index (χ0n) is 21.6. The van der Waals surface area contributed by atoms with Crippen LogP contribution in [0.2, 0.25) is 0 Å². The SMILES string of the molecule is CN1CCN(c2ccc(CNC(=O)c3cccc(NC(=O)c4ccccc4-c4ccccc4)c3)cc2)CC1. The van der Waals surface area contributed by atoms with E-state index >= 15 is 0 Å². The molecule has 6 heteroatoms. The molecule has 5 rings (SSSR count). The second-order valence-corrected chi connectivity index (χ2v) is 9.59. The van der Waals surface area contributed by atoms with Crippen molar-refractivity contribution in [3.05, 3.63) is 120 Å². The summed E-state index contributed by atoms with van der Waals surface area (Å²) in [4.78, 5) is 30.7. The Hall–Kier alpha value is -4.42. The number of amides is 2. The number of rotatable bonds is 7. The van der Waals surface area contributed by atoms with Gasteiger partial charge in [0.1, 0.15) is 0 Å². The smallest absolute Gasteiger partial charge is 0.256 e. The quantitative estimate of drug-likeness (QED) is 0.359. The zero-order valence-corrected chi connectivity index (χ0v) is 21.6. The van der Waals surface area contributed by atoms with Gasteiger partial charge in [0.05, 0.1) is 0 Å². The van der Waals surface area contributed by atoms with E-state index in [9.17, 15) is 9.59 Å². The van der Waals surface area contributed by atoms with Crippen LogP contribution in [-0.4, -0.2) is 49.9 Å². The van der Waals surface area contributed by atoms with Gasteiger partial charge in [0.25, 0.3) is 11.8 Å². The summed E-state index contributed by atoms with van der Waals surface area (Å²) >= 11 is 0. The normalized spacial score (nSPS) is 13.7. The van der Waals surface area contributed by atoms with Gasteiger partial charge in [-0.1, -0.05) is 66.7 Å². The third-order valence-electron chi connectivity index (χ3n) is 6.90. The highest BCUT2D eigenvalue weighted by Crippen LogP contribution is 2.24. The fourth-order valence-electron chi connectivity index (χ4n) is 4.66. The lowest BCUT2D eigenvalue weighted by Gasteiger charge is -2.34. The van der Waals surface area contributed by atoms with E-state index in [1.807, 2.05) is 54.6 Å². The molecule has 0 atom stereocenters. The Bertz CT molecular complexity index is 1390. The third kappa shape index (κ3) is 6.10. The van der Waals surface area contributed by atoms with Crippen molar-refractivity contribution in [1.82, 2.24) is 10.2 Å². The zero-order chi connectivity index (χ0) is 26.3. The number of hydrogen-bond donors (Lipinski definition) is 2. The molecule has 1 aliphatic heterocycles. The molecule has 0 spiro atoms. The first kappa shape index (κ1) is 25.2. The summed E-state index contributed by atoms with van der Waals surface area (Å²) < 4.78 is 0. The third-order valence-corrected chi connectivity index (χ3v) is 6.90. The molecule has 0 bridgehead atoms. The van der Waals surface area contributed by atoms with Crippen LogP contribution in [0.15, 0.2) is 103 Å². The van der Waals surface area contributed by atoms with Crippen LogP contribution in [0.25, 0.3) is 11.1 Å². The van der Waals surface area contributed by atoms with Gasteiger partial charge in [-0.3, -0.25) is 9.59 Å². The molecule has 1 fully saturated rings. The molecule has 0 saturated carbocycles. The number of likely N-dealkylation sites (N-methyl/N-ethyl adjacent to an activating group) is 1. The first-order valence-electron chi connectivity index (χ1n) is 12.9. The lowest BCUT2D eigenvalue weighted by atomic mass is 9.99. The van der Waals surface area contributed by atoms with E-state index in [4.69, 9.17) is 0 Å². The van der Waals surface area contributed by atoms with Crippen molar-refractivity contribution in [2.75, 3.05) is 43.4 Å². The predicted molar refractivity (Wildman–Crippen MR) is 154 cm³/mol. The highest BCUT2D eigenvalue weighted by molar-refractivity contribution is 6.09. The molecule has 2 N–H and O–H groups in total. The van der Waals surface area contributed by atoms with Crippen LogP contribution >= 0.6 is 0 Å². The molecular formula is C32H32N4O2. The molecule has 2 amide bonds. The summed E-state index contributed by atoms with van der Waals surface area (Å²) in [6.45, 7) is 4.62. The van der Waals surface area contributed by atoms with Crippen molar-refractivity contribution >= 4 is 23.2 Å². The Morgan fingerprint density at radius 2 is 1.45 bits per heavy atom. The number of anilines is 2. The van der Waals surface area contributed by atoms with Gasteiger partial charge in [0.15, 0.2) is 0 Å². The van der Waals surface area contributed by atoms with Crippen LogP contribution in [-0.2, 0) is 6.54 Å². The van der Waals surface area contributed by atoms with Gasteiger partial charge < -0.3 is 20.4 Å². The average Bonchev–Trinajstić information content (AvgIpc) is 2.97. The molecule has 1 aliphatic rings. The van der Waals surface area contributed by atoms with Crippen LogP contribution in [0.5, 0.6) is 0 Å². The number of piperazine rings is 1. The minimum atomic E-state index is -0.220. The van der Waals surface area contributed by atoms with Crippen molar-refractivity contribution < 1.29 is 9.59 Å². The molecule has 192 valence electrons. The fraction of sp³-hybridized carbons (Fsp3) is 0.188. The van der Waals surface area contributed by atoms with Gasteiger partial charge in [-0.15, -0.1) is 0 Å². The lowest BCUT2D eigenvalue weighted by Crippen LogP contribution is -2.44. The van der Waals surface area contributed by atoms with Gasteiger partial charge >= 0.3 is 0 Å². The number of hydrogen-bond acceptors (Lipinski definition) is 4. The second kappa shape index (κ2) is 11.8. The van der Waals surface area contributed by atoms with Crippen molar-refractivity contribution in [2.45, 2.75) is 6.54 Å². The lowest BCUT2D eigenvalue weighted by molar-refractivity contribution is 0.0949. The Morgan fingerprint density at radius 1 is 0.737 bits per heavy atom. The first-order chi connectivity index (χ1) is 18.6. The number of nitrogens with zero attached hydrogens (tertiary/aromatic N) is 2. The monoisotopic (exact) mass is 504 g/mol. The minimum Gasteiger partial charge on any atom is -0.369 e. The number of carbonyl (C=O) groups is 2. The minimum absolute atomic E-state index is 0.186. The molecule has 38 heavy (non-hydrogen) atoms. The Morgan fingerprint density at radius 3 is 2.21 bits per heavy atom. The Labute approximate surface area is 223 Å². The van der Waals surface area contributed by atoms with Gasteiger partial charge in [0.2, 0.25) is 0 Å².